The Morgan fingerprint density at radius 1 is 1.21 bits per heavy atom. The Kier molecular flexibility index (Phi) is 4.41. The van der Waals surface area contributed by atoms with Gasteiger partial charge in [0.2, 0.25) is 5.13 Å². The van der Waals surface area contributed by atoms with Gasteiger partial charge in [0.05, 0.1) is 0 Å². The number of carbonyl (C=O) groups is 1. The minimum atomic E-state index is -0.286. The lowest BCUT2D eigenvalue weighted by atomic mass is 10.1. The molecule has 3 aromatic rings. The number of benzene rings is 1. The van der Waals surface area contributed by atoms with Crippen molar-refractivity contribution in [3.8, 4) is 0 Å². The molecule has 0 spiro atoms. The van der Waals surface area contributed by atoms with E-state index in [9.17, 15) is 4.79 Å². The van der Waals surface area contributed by atoms with Crippen LogP contribution in [0.2, 0.25) is 0 Å². The quantitative estimate of drug-likeness (QED) is 0.748. The highest BCUT2D eigenvalue weighted by Crippen LogP contribution is 2.29. The molecule has 0 atom stereocenters. The van der Waals surface area contributed by atoms with Gasteiger partial charge in [-0.1, -0.05) is 25.2 Å². The number of furan rings is 1. The van der Waals surface area contributed by atoms with Crippen LogP contribution in [0.3, 0.4) is 0 Å². The maximum absolute atomic E-state index is 12.5. The van der Waals surface area contributed by atoms with Gasteiger partial charge < -0.3 is 4.42 Å². The first-order valence-electron chi connectivity index (χ1n) is 7.99. The van der Waals surface area contributed by atoms with E-state index in [1.807, 2.05) is 19.9 Å². The summed E-state index contributed by atoms with van der Waals surface area (Å²) < 4.78 is 5.78. The van der Waals surface area contributed by atoms with Gasteiger partial charge in [-0.3, -0.25) is 10.1 Å². The summed E-state index contributed by atoms with van der Waals surface area (Å²) in [5.41, 5.74) is 3.91. The van der Waals surface area contributed by atoms with Gasteiger partial charge in [0, 0.05) is 17.4 Å². The van der Waals surface area contributed by atoms with Crippen molar-refractivity contribution in [2.45, 2.75) is 41.0 Å². The summed E-state index contributed by atoms with van der Waals surface area (Å²) in [7, 11) is 0. The third-order valence-corrected chi connectivity index (χ3v) is 4.89. The minimum Gasteiger partial charge on any atom is -0.451 e. The second kappa shape index (κ2) is 6.36. The molecule has 126 valence electrons. The first-order valence-corrected chi connectivity index (χ1v) is 8.81. The zero-order valence-corrected chi connectivity index (χ0v) is 15.4. The van der Waals surface area contributed by atoms with Crippen molar-refractivity contribution in [2.75, 3.05) is 5.32 Å². The molecule has 1 aromatic carbocycles. The standard InChI is InChI=1S/C18H21N3O2S/c1-9(2)6-15-20-21-18(24-15)19-17(22)16-12(5)13-7-10(3)11(4)8-14(13)23-16/h7-9H,6H2,1-5H3,(H,19,21,22). The third-order valence-electron chi connectivity index (χ3n) is 4.03. The van der Waals surface area contributed by atoms with E-state index in [4.69, 9.17) is 4.42 Å². The van der Waals surface area contributed by atoms with Crippen molar-refractivity contribution in [3.05, 3.63) is 39.6 Å². The number of fused-ring (bicyclic) bond motifs is 1. The van der Waals surface area contributed by atoms with Crippen LogP contribution in [-0.4, -0.2) is 16.1 Å². The molecule has 0 unspecified atom stereocenters. The Balaban J connectivity index is 1.86. The molecule has 1 N–H and O–H groups in total. The zero-order chi connectivity index (χ0) is 17.4. The second-order valence-corrected chi connectivity index (χ2v) is 7.60. The molecular formula is C18H21N3O2S. The summed E-state index contributed by atoms with van der Waals surface area (Å²) in [5, 5.41) is 13.4. The molecule has 0 fully saturated rings. The number of hydrogen-bond acceptors (Lipinski definition) is 5. The fourth-order valence-corrected chi connectivity index (χ4v) is 3.53. The van der Waals surface area contributed by atoms with E-state index in [0.29, 0.717) is 16.8 Å². The molecule has 0 saturated carbocycles. The highest BCUT2D eigenvalue weighted by atomic mass is 32.1. The van der Waals surface area contributed by atoms with Crippen molar-refractivity contribution in [1.82, 2.24) is 10.2 Å². The van der Waals surface area contributed by atoms with Gasteiger partial charge in [-0.2, -0.15) is 0 Å². The maximum atomic E-state index is 12.5. The largest absolute Gasteiger partial charge is 0.451 e. The van der Waals surface area contributed by atoms with E-state index in [1.165, 1.54) is 16.9 Å². The number of anilines is 1. The van der Waals surface area contributed by atoms with Gasteiger partial charge >= 0.3 is 0 Å². The molecule has 0 radical (unpaired) electrons. The Bertz CT molecular complexity index is 909. The highest BCUT2D eigenvalue weighted by molar-refractivity contribution is 7.15. The lowest BCUT2D eigenvalue weighted by Crippen LogP contribution is -2.11. The lowest BCUT2D eigenvalue weighted by Gasteiger charge is -1.99. The predicted molar refractivity (Wildman–Crippen MR) is 96.8 cm³/mol. The van der Waals surface area contributed by atoms with Crippen LogP contribution in [0.4, 0.5) is 5.13 Å². The normalized spacial score (nSPS) is 11.4. The van der Waals surface area contributed by atoms with Crippen molar-refractivity contribution < 1.29 is 9.21 Å². The number of aryl methyl sites for hydroxylation is 3. The van der Waals surface area contributed by atoms with Crippen LogP contribution in [0, 0.1) is 26.7 Å². The van der Waals surface area contributed by atoms with E-state index in [0.717, 1.165) is 33.5 Å². The number of hydrogen-bond donors (Lipinski definition) is 1. The molecule has 3 rings (SSSR count). The Morgan fingerprint density at radius 2 is 1.92 bits per heavy atom. The number of nitrogens with one attached hydrogen (secondary N) is 1. The smallest absolute Gasteiger partial charge is 0.293 e. The topological polar surface area (TPSA) is 68.0 Å². The van der Waals surface area contributed by atoms with E-state index in [2.05, 4.69) is 42.4 Å². The number of aromatic nitrogens is 2. The van der Waals surface area contributed by atoms with Gasteiger partial charge in [0.1, 0.15) is 10.6 Å². The van der Waals surface area contributed by atoms with Crippen molar-refractivity contribution in [1.29, 1.82) is 0 Å². The van der Waals surface area contributed by atoms with Gasteiger partial charge in [0.25, 0.3) is 5.91 Å². The van der Waals surface area contributed by atoms with Crippen LogP contribution in [0.1, 0.15) is 46.1 Å². The van der Waals surface area contributed by atoms with Crippen LogP contribution in [0.15, 0.2) is 16.5 Å². The summed E-state index contributed by atoms with van der Waals surface area (Å²) in [5.74, 6) is 0.549. The maximum Gasteiger partial charge on any atom is 0.293 e. The average Bonchev–Trinajstić information content (AvgIpc) is 3.05. The number of rotatable bonds is 4. The highest BCUT2D eigenvalue weighted by Gasteiger charge is 2.20. The van der Waals surface area contributed by atoms with Crippen molar-refractivity contribution >= 4 is 33.3 Å². The Hall–Kier alpha value is -2.21. The Morgan fingerprint density at radius 3 is 2.62 bits per heavy atom. The third kappa shape index (κ3) is 3.19. The molecule has 1 amide bonds. The van der Waals surface area contributed by atoms with Gasteiger partial charge in [-0.25, -0.2) is 0 Å². The SMILES string of the molecule is Cc1cc2oc(C(=O)Nc3nnc(CC(C)C)s3)c(C)c2cc1C. The molecule has 0 aliphatic carbocycles. The van der Waals surface area contributed by atoms with Crippen molar-refractivity contribution in [2.24, 2.45) is 5.92 Å². The van der Waals surface area contributed by atoms with Gasteiger partial charge in [-0.15, -0.1) is 10.2 Å². The number of carbonyl (C=O) groups excluding carboxylic acids is 1. The number of nitrogens with zero attached hydrogens (tertiary/aromatic N) is 2. The summed E-state index contributed by atoms with van der Waals surface area (Å²) in [4.78, 5) is 12.5. The fraction of sp³-hybridized carbons (Fsp3) is 0.389. The van der Waals surface area contributed by atoms with Crippen LogP contribution >= 0.6 is 11.3 Å². The van der Waals surface area contributed by atoms with E-state index < -0.39 is 0 Å². The van der Waals surface area contributed by atoms with Crippen LogP contribution in [-0.2, 0) is 6.42 Å². The molecule has 0 aliphatic rings. The molecule has 2 aromatic heterocycles. The van der Waals surface area contributed by atoms with Crippen LogP contribution in [0.25, 0.3) is 11.0 Å². The predicted octanol–water partition coefficient (Wildman–Crippen LogP) is 4.66. The summed E-state index contributed by atoms with van der Waals surface area (Å²) >= 11 is 1.41. The zero-order valence-electron chi connectivity index (χ0n) is 14.6. The van der Waals surface area contributed by atoms with E-state index in [1.54, 1.807) is 0 Å². The van der Waals surface area contributed by atoms with E-state index >= 15 is 0 Å². The number of amides is 1. The molecule has 6 heteroatoms. The minimum absolute atomic E-state index is 0.286. The van der Waals surface area contributed by atoms with Gasteiger partial charge in [-0.05, 0) is 49.9 Å². The molecular weight excluding hydrogens is 322 g/mol. The van der Waals surface area contributed by atoms with E-state index in [-0.39, 0.29) is 5.91 Å². The second-order valence-electron chi connectivity index (χ2n) is 6.54. The molecule has 24 heavy (non-hydrogen) atoms. The summed E-state index contributed by atoms with van der Waals surface area (Å²) in [6.45, 7) is 10.2. The van der Waals surface area contributed by atoms with Crippen molar-refractivity contribution in [3.63, 3.8) is 0 Å². The monoisotopic (exact) mass is 343 g/mol. The molecule has 0 bridgehead atoms. The molecule has 0 aliphatic heterocycles. The van der Waals surface area contributed by atoms with Gasteiger partial charge in [0.15, 0.2) is 5.76 Å². The summed E-state index contributed by atoms with van der Waals surface area (Å²) in [6.07, 6.45) is 0.857. The average molecular weight is 343 g/mol. The molecule has 5 nitrogen and oxygen atoms in total. The Labute approximate surface area is 145 Å². The summed E-state index contributed by atoms with van der Waals surface area (Å²) in [6, 6.07) is 4.03. The first kappa shape index (κ1) is 16.6. The van der Waals surface area contributed by atoms with Crippen LogP contribution in [0.5, 0.6) is 0 Å². The molecule has 0 saturated heterocycles. The lowest BCUT2D eigenvalue weighted by molar-refractivity contribution is 0.0998. The van der Waals surface area contributed by atoms with Crippen LogP contribution < -0.4 is 5.32 Å². The first-order chi connectivity index (χ1) is 11.3. The fourth-order valence-electron chi connectivity index (χ4n) is 2.58. The molecule has 2 heterocycles.